The number of nitrogens with zero attached hydrogens (tertiary/aromatic N) is 2. The van der Waals surface area contributed by atoms with E-state index in [1.165, 1.54) is 296 Å². The van der Waals surface area contributed by atoms with E-state index in [0.29, 0.717) is 0 Å². The maximum absolute atomic E-state index is 5.11. The smallest absolute Gasteiger partial charge is 0.0787 e. The van der Waals surface area contributed by atoms with Gasteiger partial charge in [-0.1, -0.05) is 358 Å². The Morgan fingerprint density at radius 3 is 0.773 bits per heavy atom. The summed E-state index contributed by atoms with van der Waals surface area (Å²) < 4.78 is 0. The number of hydrogen-bond donors (Lipinski definition) is 0. The first-order valence-electron chi connectivity index (χ1n) is 45.9. The van der Waals surface area contributed by atoms with Crippen molar-refractivity contribution in [3.63, 3.8) is 0 Å². The average Bonchev–Trinajstić information content (AvgIpc) is 1.42. The van der Waals surface area contributed by atoms with Crippen molar-refractivity contribution in [2.24, 2.45) is 0 Å². The van der Waals surface area contributed by atoms with Crippen LogP contribution in [0.15, 0.2) is 449 Å². The highest BCUT2D eigenvalue weighted by atomic mass is 14.7. The van der Waals surface area contributed by atoms with Crippen molar-refractivity contribution in [2.45, 2.75) is 0 Å². The van der Waals surface area contributed by atoms with Crippen LogP contribution < -0.4 is 0 Å². The Morgan fingerprint density at radius 1 is 0.106 bits per heavy atom. The second-order valence-corrected chi connectivity index (χ2v) is 36.1. The molecule has 2 heteroatoms. The first kappa shape index (κ1) is 72.8. The zero-order chi connectivity index (χ0) is 86.1. The largest absolute Gasteiger partial charge is 0.256 e. The molecule has 0 bridgehead atoms. The molecule has 2 aromatic heterocycles. The van der Waals surface area contributed by atoms with Crippen molar-refractivity contribution >= 4 is 129 Å². The van der Waals surface area contributed by atoms with E-state index in [-0.39, 0.29) is 0 Å². The van der Waals surface area contributed by atoms with Crippen LogP contribution in [0.3, 0.4) is 0 Å². The second kappa shape index (κ2) is 28.1. The highest BCUT2D eigenvalue weighted by Crippen LogP contribution is 2.60. The molecule has 4 aliphatic rings. The maximum Gasteiger partial charge on any atom is 0.0787 e. The number of rotatable bonds is 8. The molecule has 2 nitrogen and oxygen atoms in total. The van der Waals surface area contributed by atoms with Crippen LogP contribution in [-0.2, 0) is 0 Å². The van der Waals surface area contributed by atoms with Gasteiger partial charge in [-0.25, -0.2) is 0 Å². The van der Waals surface area contributed by atoms with Crippen molar-refractivity contribution in [3.8, 4) is 178 Å². The lowest BCUT2D eigenvalue weighted by molar-refractivity contribution is 1.35. The van der Waals surface area contributed by atoms with Gasteiger partial charge >= 0.3 is 0 Å². The normalized spacial score (nSPS) is 12.2. The summed E-state index contributed by atoms with van der Waals surface area (Å²) in [6.07, 6.45) is 3.89. The molecule has 0 amide bonds. The molecule has 0 saturated carbocycles. The quantitative estimate of drug-likeness (QED) is 0.142. The van der Waals surface area contributed by atoms with Gasteiger partial charge in [-0.2, -0.15) is 0 Å². The number of hydrogen-bond acceptors (Lipinski definition) is 2. The molecule has 4 aliphatic carbocycles. The van der Waals surface area contributed by atoms with E-state index < -0.39 is 0 Å². The summed E-state index contributed by atoms with van der Waals surface area (Å²) in [6, 6.07) is 163. The molecule has 604 valence electrons. The summed E-state index contributed by atoms with van der Waals surface area (Å²) in [5, 5.41) is 30.4. The standard InChI is InChI=1S/C71H41N.C59H33N/c1-5-16-42(17-6-1)46-27-29-51-57(36-46)63(38-61-54-33-31-48(44-20-9-3-10-21-44)67-53-25-14-13-24-50(53)65(69(54)67)40-59(51)61)64-39-62-55-34-32-49(45-22-11-4-12-23-45)68-56-26-15-35-72-71(56)66(70(55)68)41-60(62)52-30-28-47(37-58(52)64)43-18-7-2-8-19-43;1-3-13-34(14-4-1)36-24-25-42-47(29-36)53(31-52-45-27-26-37(35-15-5-2-6-16-35)57-46-23-12-28-60-59(46)55(58(45)57)33-50(42)52)48-30-51-44-22-11-21-43-38-17-7-10-20-41(38)54(56(43)44)32-49(51)40-19-9-8-18-39(40)48/h1-41H;1-33H. The topological polar surface area (TPSA) is 25.8 Å². The Morgan fingerprint density at radius 2 is 0.364 bits per heavy atom. The minimum Gasteiger partial charge on any atom is -0.256 e. The highest BCUT2D eigenvalue weighted by Gasteiger charge is 2.34. The van der Waals surface area contributed by atoms with E-state index in [2.05, 4.69) is 437 Å². The molecule has 0 unspecified atom stereocenters. The van der Waals surface area contributed by atoms with Gasteiger partial charge in [0.05, 0.1) is 11.4 Å². The lowest BCUT2D eigenvalue weighted by Crippen LogP contribution is -1.92. The van der Waals surface area contributed by atoms with Gasteiger partial charge in [0.25, 0.3) is 0 Å². The molecular formula is C130H74N2. The van der Waals surface area contributed by atoms with Crippen LogP contribution in [0.1, 0.15) is 0 Å². The van der Waals surface area contributed by atoms with Gasteiger partial charge in [-0.05, 0) is 331 Å². The third-order valence-electron chi connectivity index (χ3n) is 29.5. The third kappa shape index (κ3) is 10.5. The molecule has 0 fully saturated rings. The van der Waals surface area contributed by atoms with Crippen LogP contribution in [0.25, 0.3) is 308 Å². The lowest BCUT2D eigenvalue weighted by Gasteiger charge is -2.20. The molecule has 0 radical (unpaired) electrons. The molecule has 26 aromatic rings. The van der Waals surface area contributed by atoms with Crippen LogP contribution in [-0.4, -0.2) is 9.97 Å². The Balaban J connectivity index is 0.000000131. The van der Waals surface area contributed by atoms with Crippen molar-refractivity contribution in [1.82, 2.24) is 9.97 Å². The molecule has 24 aromatic carbocycles. The predicted octanol–water partition coefficient (Wildman–Crippen LogP) is 35.9. The van der Waals surface area contributed by atoms with Gasteiger partial charge < -0.3 is 0 Å². The lowest BCUT2D eigenvalue weighted by atomic mass is 9.83. The van der Waals surface area contributed by atoms with Crippen LogP contribution in [0.4, 0.5) is 0 Å². The third-order valence-corrected chi connectivity index (χ3v) is 29.5. The highest BCUT2D eigenvalue weighted by molar-refractivity contribution is 6.37. The summed E-state index contributed by atoms with van der Waals surface area (Å²) in [5.74, 6) is 0. The molecule has 0 aliphatic heterocycles. The van der Waals surface area contributed by atoms with Crippen LogP contribution in [0.5, 0.6) is 0 Å². The molecule has 0 saturated heterocycles. The van der Waals surface area contributed by atoms with Crippen molar-refractivity contribution in [1.29, 1.82) is 0 Å². The maximum atomic E-state index is 5.11. The average molecular weight is 1660 g/mol. The first-order valence-corrected chi connectivity index (χ1v) is 45.9. The Labute approximate surface area is 761 Å². The molecule has 30 rings (SSSR count). The summed E-state index contributed by atoms with van der Waals surface area (Å²) in [4.78, 5) is 10.2. The Hall–Kier alpha value is -17.3. The van der Waals surface area contributed by atoms with E-state index in [0.717, 1.165) is 11.4 Å². The van der Waals surface area contributed by atoms with Crippen molar-refractivity contribution < 1.29 is 0 Å². The van der Waals surface area contributed by atoms with Crippen molar-refractivity contribution in [3.05, 3.63) is 449 Å². The second-order valence-electron chi connectivity index (χ2n) is 36.1. The minimum atomic E-state index is 1.05. The van der Waals surface area contributed by atoms with Gasteiger partial charge in [0, 0.05) is 56.5 Å². The van der Waals surface area contributed by atoms with Crippen LogP contribution >= 0.6 is 0 Å². The van der Waals surface area contributed by atoms with Gasteiger partial charge in [0.15, 0.2) is 0 Å². The molecule has 2 heterocycles. The van der Waals surface area contributed by atoms with Gasteiger partial charge in [-0.3, -0.25) is 9.97 Å². The number of aromatic nitrogens is 2. The SMILES string of the molecule is c1ccc(-c2ccc3c(c2)c(-c2cc4c5ccc(-c6ccccc6)c6c5c(cc4c4ccc(-c5ccccc5)cc24)-c2ncccc2-6)cc2c4ccc(-c5ccccc5)c5c4c(cc32)-c2ccccc2-5)cc1.c1ccc(-c2ccc3c(c2)c(-c2cc4c5cccc6c5c(cc4c4ccccc24)-c2ccccc2-6)cc2c4ccc(-c5ccccc5)c5c4c(cc32)-c2ncccc2-5)cc1. The monoisotopic (exact) mass is 1660 g/mol. The predicted molar refractivity (Wildman–Crippen MR) is 560 cm³/mol. The first-order chi connectivity index (χ1) is 65.5. The van der Waals surface area contributed by atoms with E-state index in [1.54, 1.807) is 0 Å². The van der Waals surface area contributed by atoms with E-state index in [9.17, 15) is 0 Å². The molecule has 132 heavy (non-hydrogen) atoms. The summed E-state index contributed by atoms with van der Waals surface area (Å²) in [7, 11) is 0. The van der Waals surface area contributed by atoms with Crippen molar-refractivity contribution in [2.75, 3.05) is 0 Å². The fourth-order valence-corrected chi connectivity index (χ4v) is 23.8. The zero-order valence-electron chi connectivity index (χ0n) is 71.6. The summed E-state index contributed by atoms with van der Waals surface area (Å²) >= 11 is 0. The minimum absolute atomic E-state index is 1.05. The number of benzene rings is 24. The Bertz CT molecular complexity index is 9300. The van der Waals surface area contributed by atoms with E-state index in [4.69, 9.17) is 9.97 Å². The van der Waals surface area contributed by atoms with E-state index >= 15 is 0 Å². The van der Waals surface area contributed by atoms with Gasteiger partial charge in [0.2, 0.25) is 0 Å². The Kier molecular flexibility index (Phi) is 15.5. The van der Waals surface area contributed by atoms with E-state index in [1.807, 2.05) is 12.4 Å². The molecule has 0 spiro atoms. The number of fused-ring (bicyclic) bond motifs is 28. The molecule has 0 atom stereocenters. The van der Waals surface area contributed by atoms with Crippen LogP contribution in [0, 0.1) is 0 Å². The fourth-order valence-electron chi connectivity index (χ4n) is 23.8. The zero-order valence-corrected chi connectivity index (χ0v) is 71.6. The van der Waals surface area contributed by atoms with Gasteiger partial charge in [0.1, 0.15) is 0 Å². The molecular weight excluding hydrogens is 1590 g/mol. The van der Waals surface area contributed by atoms with Gasteiger partial charge in [-0.15, -0.1) is 0 Å². The number of pyridine rings is 2. The fraction of sp³-hybridized carbons (Fsp3) is 0. The molecule has 0 N–H and O–H groups in total. The summed E-state index contributed by atoms with van der Waals surface area (Å²) in [6.45, 7) is 0. The summed E-state index contributed by atoms with van der Waals surface area (Å²) in [5.41, 5.74) is 39.6. The van der Waals surface area contributed by atoms with Crippen LogP contribution in [0.2, 0.25) is 0 Å².